The number of hydrogen-bond donors (Lipinski definition) is 3. The van der Waals surface area contributed by atoms with E-state index in [4.69, 9.17) is 10.5 Å². The normalized spacial score (nSPS) is 10.4. The second kappa shape index (κ2) is 3.77. The lowest BCUT2D eigenvalue weighted by molar-refractivity contribution is 0.374. The van der Waals surface area contributed by atoms with E-state index in [0.29, 0.717) is 11.6 Å². The van der Waals surface area contributed by atoms with Crippen molar-refractivity contribution in [2.75, 3.05) is 12.8 Å². The largest absolute Gasteiger partial charge is 0.504 e. The Bertz CT molecular complexity index is 520. The fraction of sp³-hybridized carbons (Fsp3) is 0.182. The topological polar surface area (TPSA) is 84.2 Å². The maximum Gasteiger partial charge on any atom is 0.170 e. The molecule has 2 rings (SSSR count). The lowest BCUT2D eigenvalue weighted by Crippen LogP contribution is -1.92. The predicted octanol–water partition coefficient (Wildman–Crippen LogP) is 1.68. The summed E-state index contributed by atoms with van der Waals surface area (Å²) < 4.78 is 5.18. The number of anilines is 1. The molecule has 0 unspecified atom stereocenters. The van der Waals surface area contributed by atoms with Crippen LogP contribution in [0, 0.1) is 6.92 Å². The van der Waals surface area contributed by atoms with E-state index in [9.17, 15) is 5.11 Å². The predicted molar refractivity (Wildman–Crippen MR) is 61.4 cm³/mol. The maximum absolute atomic E-state index is 9.69. The first-order valence-electron chi connectivity index (χ1n) is 4.81. The van der Waals surface area contributed by atoms with Gasteiger partial charge in [0, 0.05) is 11.6 Å². The van der Waals surface area contributed by atoms with Crippen LogP contribution in [0.25, 0.3) is 11.3 Å². The van der Waals surface area contributed by atoms with Crippen LogP contribution in [0.4, 0.5) is 5.82 Å². The zero-order valence-corrected chi connectivity index (χ0v) is 9.11. The number of aromatic hydroxyl groups is 1. The Morgan fingerprint density at radius 2 is 2.19 bits per heavy atom. The summed E-state index contributed by atoms with van der Waals surface area (Å²) in [5.74, 6) is 0.916. The molecule has 4 N–H and O–H groups in total. The number of methoxy groups -OCH3 is 1. The highest BCUT2D eigenvalue weighted by Gasteiger charge is 2.15. The van der Waals surface area contributed by atoms with Gasteiger partial charge < -0.3 is 15.6 Å². The molecule has 1 aromatic heterocycles. The Morgan fingerprint density at radius 3 is 2.75 bits per heavy atom. The van der Waals surface area contributed by atoms with Crippen LogP contribution in [0.2, 0.25) is 0 Å². The molecule has 0 radical (unpaired) electrons. The lowest BCUT2D eigenvalue weighted by atomic mass is 10.0. The van der Waals surface area contributed by atoms with Crippen LogP contribution in [-0.4, -0.2) is 22.4 Å². The van der Waals surface area contributed by atoms with Gasteiger partial charge in [-0.05, 0) is 18.6 Å². The van der Waals surface area contributed by atoms with Crippen LogP contribution in [0.15, 0.2) is 18.2 Å². The SMILES string of the molecule is COc1c(O)ccc(C)c1-c1cc(N)n[nH]1. The van der Waals surface area contributed by atoms with Gasteiger partial charge in [-0.3, -0.25) is 5.10 Å². The standard InChI is InChI=1S/C11H13N3O2/c1-6-3-4-8(15)11(16-2)10(6)7-5-9(12)14-13-7/h3-5,15H,1-2H3,(H3,12,13,14). The van der Waals surface area contributed by atoms with Crippen LogP contribution < -0.4 is 10.5 Å². The van der Waals surface area contributed by atoms with Gasteiger partial charge in [0.05, 0.1) is 12.8 Å². The number of nitrogens with one attached hydrogen (secondary N) is 1. The second-order valence-corrected chi connectivity index (χ2v) is 3.52. The van der Waals surface area contributed by atoms with Gasteiger partial charge in [-0.1, -0.05) is 6.07 Å². The minimum absolute atomic E-state index is 0.0938. The molecule has 0 atom stereocenters. The van der Waals surface area contributed by atoms with Crippen LogP contribution in [0.5, 0.6) is 11.5 Å². The average Bonchev–Trinajstić information content (AvgIpc) is 2.67. The molecule has 5 nitrogen and oxygen atoms in total. The smallest absolute Gasteiger partial charge is 0.170 e. The number of rotatable bonds is 2. The zero-order valence-electron chi connectivity index (χ0n) is 9.11. The Kier molecular flexibility index (Phi) is 2.44. The molecule has 1 aromatic carbocycles. The van der Waals surface area contributed by atoms with Crippen molar-refractivity contribution in [2.45, 2.75) is 6.92 Å². The molecular formula is C11H13N3O2. The molecule has 2 aromatic rings. The van der Waals surface area contributed by atoms with E-state index in [1.165, 1.54) is 7.11 Å². The first-order valence-corrected chi connectivity index (χ1v) is 4.81. The molecule has 16 heavy (non-hydrogen) atoms. The number of aryl methyl sites for hydroxylation is 1. The highest BCUT2D eigenvalue weighted by atomic mass is 16.5. The van der Waals surface area contributed by atoms with Gasteiger partial charge in [0.2, 0.25) is 0 Å². The second-order valence-electron chi connectivity index (χ2n) is 3.52. The summed E-state index contributed by atoms with van der Waals surface area (Å²) in [4.78, 5) is 0. The first kappa shape index (κ1) is 10.4. The highest BCUT2D eigenvalue weighted by molar-refractivity contribution is 5.75. The summed E-state index contributed by atoms with van der Waals surface area (Å²) in [7, 11) is 1.51. The van der Waals surface area contributed by atoms with Crippen LogP contribution in [0.1, 0.15) is 5.56 Å². The third kappa shape index (κ3) is 1.56. The molecule has 1 heterocycles. The van der Waals surface area contributed by atoms with Gasteiger partial charge in [0.25, 0.3) is 0 Å². The molecule has 5 heteroatoms. The number of benzene rings is 1. The van der Waals surface area contributed by atoms with Crippen LogP contribution >= 0.6 is 0 Å². The zero-order chi connectivity index (χ0) is 11.7. The number of aromatic nitrogens is 2. The van der Waals surface area contributed by atoms with E-state index in [-0.39, 0.29) is 5.75 Å². The van der Waals surface area contributed by atoms with Crippen molar-refractivity contribution in [3.8, 4) is 22.8 Å². The fourth-order valence-electron chi connectivity index (χ4n) is 1.68. The molecule has 0 aliphatic carbocycles. The van der Waals surface area contributed by atoms with E-state index in [2.05, 4.69) is 10.2 Å². The van der Waals surface area contributed by atoms with E-state index in [1.807, 2.05) is 13.0 Å². The highest BCUT2D eigenvalue weighted by Crippen LogP contribution is 2.39. The van der Waals surface area contributed by atoms with Crippen molar-refractivity contribution < 1.29 is 9.84 Å². The molecular weight excluding hydrogens is 206 g/mol. The Morgan fingerprint density at radius 1 is 1.44 bits per heavy atom. The third-order valence-corrected chi connectivity index (χ3v) is 2.42. The molecule has 0 aliphatic rings. The molecule has 0 spiro atoms. The summed E-state index contributed by atoms with van der Waals surface area (Å²) in [5, 5.41) is 16.3. The van der Waals surface area contributed by atoms with Crippen molar-refractivity contribution in [3.05, 3.63) is 23.8 Å². The first-order chi connectivity index (χ1) is 7.63. The van der Waals surface area contributed by atoms with Crippen molar-refractivity contribution in [3.63, 3.8) is 0 Å². The van der Waals surface area contributed by atoms with Gasteiger partial charge in [-0.15, -0.1) is 0 Å². The van der Waals surface area contributed by atoms with E-state index >= 15 is 0 Å². The number of ether oxygens (including phenoxy) is 1. The number of nitrogen functional groups attached to an aromatic ring is 1. The Hall–Kier alpha value is -2.17. The van der Waals surface area contributed by atoms with Crippen LogP contribution in [0.3, 0.4) is 0 Å². The minimum Gasteiger partial charge on any atom is -0.504 e. The van der Waals surface area contributed by atoms with Crippen LogP contribution in [-0.2, 0) is 0 Å². The van der Waals surface area contributed by atoms with Gasteiger partial charge in [-0.25, -0.2) is 0 Å². The van der Waals surface area contributed by atoms with Crippen molar-refractivity contribution >= 4 is 5.82 Å². The number of aromatic amines is 1. The summed E-state index contributed by atoms with van der Waals surface area (Å²) in [6, 6.07) is 5.10. The third-order valence-electron chi connectivity index (χ3n) is 2.42. The van der Waals surface area contributed by atoms with E-state index in [1.54, 1.807) is 12.1 Å². The van der Waals surface area contributed by atoms with Gasteiger partial charge in [0.15, 0.2) is 11.5 Å². The molecule has 0 bridgehead atoms. The molecule has 0 amide bonds. The van der Waals surface area contributed by atoms with Crippen molar-refractivity contribution in [1.82, 2.24) is 10.2 Å². The minimum atomic E-state index is 0.0938. The molecule has 0 fully saturated rings. The van der Waals surface area contributed by atoms with Gasteiger partial charge >= 0.3 is 0 Å². The average molecular weight is 219 g/mol. The quantitative estimate of drug-likeness (QED) is 0.717. The summed E-state index contributed by atoms with van der Waals surface area (Å²) in [6.07, 6.45) is 0. The fourth-order valence-corrected chi connectivity index (χ4v) is 1.68. The van der Waals surface area contributed by atoms with Crippen molar-refractivity contribution in [1.29, 1.82) is 0 Å². The number of H-pyrrole nitrogens is 1. The summed E-state index contributed by atoms with van der Waals surface area (Å²) in [5.41, 5.74) is 8.02. The van der Waals surface area contributed by atoms with Crippen molar-refractivity contribution in [2.24, 2.45) is 0 Å². The summed E-state index contributed by atoms with van der Waals surface area (Å²) >= 11 is 0. The van der Waals surface area contributed by atoms with E-state index in [0.717, 1.165) is 16.8 Å². The number of nitrogens with zero attached hydrogens (tertiary/aromatic N) is 1. The molecule has 0 saturated carbocycles. The van der Waals surface area contributed by atoms with Gasteiger partial charge in [0.1, 0.15) is 5.82 Å². The molecule has 0 saturated heterocycles. The molecule has 0 aliphatic heterocycles. The maximum atomic E-state index is 9.69. The van der Waals surface area contributed by atoms with Gasteiger partial charge in [-0.2, -0.15) is 5.10 Å². The molecule has 84 valence electrons. The monoisotopic (exact) mass is 219 g/mol. The lowest BCUT2D eigenvalue weighted by Gasteiger charge is -2.11. The number of phenols is 1. The number of phenolic OH excluding ortho intramolecular Hbond substituents is 1. The Labute approximate surface area is 92.9 Å². The number of hydrogen-bond acceptors (Lipinski definition) is 4. The number of nitrogens with two attached hydrogens (primary N) is 1. The Balaban J connectivity index is 2.67. The van der Waals surface area contributed by atoms with E-state index < -0.39 is 0 Å². The summed E-state index contributed by atoms with van der Waals surface area (Å²) in [6.45, 7) is 1.92.